The number of anilines is 3. The quantitative estimate of drug-likeness (QED) is 0.912. The van der Waals surface area contributed by atoms with Crippen molar-refractivity contribution in [3.63, 3.8) is 0 Å². The molecule has 5 nitrogen and oxygen atoms in total. The number of aryl methyl sites for hydroxylation is 1. The van der Waals surface area contributed by atoms with Crippen LogP contribution in [-0.4, -0.2) is 28.0 Å². The lowest BCUT2D eigenvalue weighted by atomic mass is 10.1. The molecule has 1 aromatic carbocycles. The fourth-order valence-corrected chi connectivity index (χ4v) is 2.21. The molecule has 0 aliphatic carbocycles. The molecule has 112 valence electrons. The first-order valence-corrected chi connectivity index (χ1v) is 7.42. The van der Waals surface area contributed by atoms with Gasteiger partial charge in [-0.1, -0.05) is 12.1 Å². The van der Waals surface area contributed by atoms with Crippen LogP contribution < -0.4 is 10.2 Å². The van der Waals surface area contributed by atoms with Crippen LogP contribution in [0.15, 0.2) is 18.2 Å². The first kappa shape index (κ1) is 15.5. The van der Waals surface area contributed by atoms with E-state index >= 15 is 0 Å². The minimum absolute atomic E-state index is 0.194. The number of hydrogen-bond donors (Lipinski definition) is 1. The Bertz CT molecular complexity index is 625. The van der Waals surface area contributed by atoms with Crippen molar-refractivity contribution in [3.05, 3.63) is 34.6 Å². The molecule has 0 aliphatic rings. The van der Waals surface area contributed by atoms with Gasteiger partial charge in [0.15, 0.2) is 0 Å². The van der Waals surface area contributed by atoms with Crippen molar-refractivity contribution in [3.8, 4) is 0 Å². The predicted octanol–water partition coefficient (Wildman–Crippen LogP) is 3.73. The van der Waals surface area contributed by atoms with Gasteiger partial charge in [0, 0.05) is 18.8 Å². The zero-order chi connectivity index (χ0) is 15.4. The lowest BCUT2D eigenvalue weighted by molar-refractivity contribution is 0.813. The summed E-state index contributed by atoms with van der Waals surface area (Å²) in [4.78, 5) is 14.8. The maximum atomic E-state index is 6.02. The Kier molecular flexibility index (Phi) is 4.96. The SMILES string of the molecule is CCN(CC)c1nc(Cl)nc(Nc2cccc(C)c2C)n1. The van der Waals surface area contributed by atoms with Gasteiger partial charge >= 0.3 is 0 Å². The first-order valence-electron chi connectivity index (χ1n) is 7.04. The van der Waals surface area contributed by atoms with Gasteiger partial charge in [-0.25, -0.2) is 0 Å². The fourth-order valence-electron chi connectivity index (χ4n) is 2.05. The standard InChI is InChI=1S/C15H20ClN5/c1-5-21(6-2)15-19-13(16)18-14(20-15)17-12-9-7-8-10(3)11(12)4/h7-9H,5-6H2,1-4H3,(H,17,18,19,20). The Morgan fingerprint density at radius 2 is 1.81 bits per heavy atom. The molecule has 0 saturated carbocycles. The molecule has 0 amide bonds. The number of rotatable bonds is 5. The van der Waals surface area contributed by atoms with E-state index in [0.717, 1.165) is 18.8 Å². The van der Waals surface area contributed by atoms with E-state index in [1.807, 2.05) is 17.0 Å². The highest BCUT2D eigenvalue weighted by atomic mass is 35.5. The van der Waals surface area contributed by atoms with Crippen molar-refractivity contribution in [1.29, 1.82) is 0 Å². The highest BCUT2D eigenvalue weighted by molar-refractivity contribution is 6.28. The molecular formula is C15H20ClN5. The van der Waals surface area contributed by atoms with E-state index < -0.39 is 0 Å². The van der Waals surface area contributed by atoms with E-state index in [4.69, 9.17) is 11.6 Å². The van der Waals surface area contributed by atoms with E-state index in [0.29, 0.717) is 11.9 Å². The van der Waals surface area contributed by atoms with Gasteiger partial charge in [-0.15, -0.1) is 0 Å². The van der Waals surface area contributed by atoms with Crippen LogP contribution in [0.1, 0.15) is 25.0 Å². The Labute approximate surface area is 130 Å². The average molecular weight is 306 g/mol. The Balaban J connectivity index is 2.34. The Morgan fingerprint density at radius 1 is 1.10 bits per heavy atom. The summed E-state index contributed by atoms with van der Waals surface area (Å²) >= 11 is 6.02. The van der Waals surface area contributed by atoms with Crippen LogP contribution >= 0.6 is 11.6 Å². The number of nitrogens with one attached hydrogen (secondary N) is 1. The van der Waals surface area contributed by atoms with Gasteiger partial charge in [0.1, 0.15) is 0 Å². The minimum Gasteiger partial charge on any atom is -0.341 e. The zero-order valence-corrected chi connectivity index (χ0v) is 13.6. The summed E-state index contributed by atoms with van der Waals surface area (Å²) in [7, 11) is 0. The van der Waals surface area contributed by atoms with Crippen LogP contribution in [0.4, 0.5) is 17.6 Å². The molecule has 1 heterocycles. The van der Waals surface area contributed by atoms with Crippen molar-refractivity contribution < 1.29 is 0 Å². The van der Waals surface area contributed by atoms with Crippen molar-refractivity contribution in [2.24, 2.45) is 0 Å². The van der Waals surface area contributed by atoms with Crippen molar-refractivity contribution in [2.75, 3.05) is 23.3 Å². The van der Waals surface area contributed by atoms with E-state index in [-0.39, 0.29) is 5.28 Å². The van der Waals surface area contributed by atoms with Gasteiger partial charge in [-0.05, 0) is 56.5 Å². The maximum Gasteiger partial charge on any atom is 0.233 e. The molecule has 0 spiro atoms. The lowest BCUT2D eigenvalue weighted by Gasteiger charge is -2.19. The van der Waals surface area contributed by atoms with Crippen LogP contribution in [-0.2, 0) is 0 Å². The molecule has 1 aromatic heterocycles. The summed E-state index contributed by atoms with van der Waals surface area (Å²) in [5, 5.41) is 3.42. The molecule has 0 radical (unpaired) electrons. The number of nitrogens with zero attached hydrogens (tertiary/aromatic N) is 4. The minimum atomic E-state index is 0.194. The van der Waals surface area contributed by atoms with Crippen molar-refractivity contribution in [1.82, 2.24) is 15.0 Å². The molecule has 21 heavy (non-hydrogen) atoms. The molecule has 6 heteroatoms. The van der Waals surface area contributed by atoms with E-state index in [1.54, 1.807) is 0 Å². The van der Waals surface area contributed by atoms with E-state index in [1.165, 1.54) is 11.1 Å². The first-order chi connectivity index (χ1) is 10.0. The third kappa shape index (κ3) is 3.61. The van der Waals surface area contributed by atoms with Crippen molar-refractivity contribution in [2.45, 2.75) is 27.7 Å². The smallest absolute Gasteiger partial charge is 0.233 e. The maximum absolute atomic E-state index is 6.02. The molecule has 0 saturated heterocycles. The summed E-state index contributed by atoms with van der Waals surface area (Å²) in [6, 6.07) is 6.07. The second kappa shape index (κ2) is 6.72. The second-order valence-electron chi connectivity index (χ2n) is 4.77. The molecule has 0 bridgehead atoms. The molecule has 0 unspecified atom stereocenters. The number of halogens is 1. The highest BCUT2D eigenvalue weighted by Crippen LogP contribution is 2.22. The van der Waals surface area contributed by atoms with Gasteiger partial charge in [0.2, 0.25) is 17.2 Å². The van der Waals surface area contributed by atoms with Crippen LogP contribution in [0.3, 0.4) is 0 Å². The summed E-state index contributed by atoms with van der Waals surface area (Å²) in [6.45, 7) is 9.88. The summed E-state index contributed by atoms with van der Waals surface area (Å²) in [5.41, 5.74) is 3.35. The largest absolute Gasteiger partial charge is 0.341 e. The molecule has 0 atom stereocenters. The number of aromatic nitrogens is 3. The van der Waals surface area contributed by atoms with Gasteiger partial charge in [-0.2, -0.15) is 15.0 Å². The van der Waals surface area contributed by atoms with Gasteiger partial charge < -0.3 is 10.2 Å². The third-order valence-electron chi connectivity index (χ3n) is 3.49. The highest BCUT2D eigenvalue weighted by Gasteiger charge is 2.11. The van der Waals surface area contributed by atoms with Gasteiger partial charge in [-0.3, -0.25) is 0 Å². The van der Waals surface area contributed by atoms with Crippen LogP contribution in [0.25, 0.3) is 0 Å². The normalized spacial score (nSPS) is 10.5. The topological polar surface area (TPSA) is 53.9 Å². The molecule has 1 N–H and O–H groups in total. The fraction of sp³-hybridized carbons (Fsp3) is 0.400. The summed E-state index contributed by atoms with van der Waals surface area (Å²) in [5.74, 6) is 1.05. The van der Waals surface area contributed by atoms with Gasteiger partial charge in [0.25, 0.3) is 0 Å². The van der Waals surface area contributed by atoms with Crippen LogP contribution in [0, 0.1) is 13.8 Å². The lowest BCUT2D eigenvalue weighted by Crippen LogP contribution is -2.24. The molecular weight excluding hydrogens is 286 g/mol. The van der Waals surface area contributed by atoms with Crippen LogP contribution in [0.5, 0.6) is 0 Å². The zero-order valence-electron chi connectivity index (χ0n) is 12.8. The Morgan fingerprint density at radius 3 is 2.48 bits per heavy atom. The summed E-state index contributed by atoms with van der Waals surface area (Å²) in [6.07, 6.45) is 0. The third-order valence-corrected chi connectivity index (χ3v) is 3.66. The molecule has 2 aromatic rings. The monoisotopic (exact) mass is 305 g/mol. The molecule has 0 fully saturated rings. The molecule has 2 rings (SSSR count). The predicted molar refractivity (Wildman–Crippen MR) is 87.6 cm³/mol. The molecule has 0 aliphatic heterocycles. The number of benzene rings is 1. The number of hydrogen-bond acceptors (Lipinski definition) is 5. The van der Waals surface area contributed by atoms with Crippen molar-refractivity contribution >= 4 is 29.2 Å². The van der Waals surface area contributed by atoms with E-state index in [9.17, 15) is 0 Å². The van der Waals surface area contributed by atoms with E-state index in [2.05, 4.69) is 54.0 Å². The average Bonchev–Trinajstić information content (AvgIpc) is 2.45. The summed E-state index contributed by atoms with van der Waals surface area (Å²) < 4.78 is 0. The second-order valence-corrected chi connectivity index (χ2v) is 5.11. The Hall–Kier alpha value is -1.88. The van der Waals surface area contributed by atoms with Gasteiger partial charge in [0.05, 0.1) is 0 Å². The van der Waals surface area contributed by atoms with Crippen LogP contribution in [0.2, 0.25) is 5.28 Å².